The van der Waals surface area contributed by atoms with Crippen molar-refractivity contribution in [1.82, 2.24) is 15.1 Å². The van der Waals surface area contributed by atoms with E-state index in [-0.39, 0.29) is 22.9 Å². The Bertz CT molecular complexity index is 1580. The van der Waals surface area contributed by atoms with Gasteiger partial charge in [0.25, 0.3) is 5.91 Å². The van der Waals surface area contributed by atoms with Crippen molar-refractivity contribution in [2.24, 2.45) is 0 Å². The minimum Gasteiger partial charge on any atom is -0.444 e. The molecule has 0 saturated heterocycles. The number of hydrogen-bond donors (Lipinski definition) is 3. The third kappa shape index (κ3) is 7.68. The van der Waals surface area contributed by atoms with Gasteiger partial charge in [-0.3, -0.25) is 4.79 Å². The fourth-order valence-electron chi connectivity index (χ4n) is 3.99. The van der Waals surface area contributed by atoms with Crippen molar-refractivity contribution in [1.29, 1.82) is 0 Å². The summed E-state index contributed by atoms with van der Waals surface area (Å²) in [5.41, 5.74) is -0.613. The molecule has 0 saturated carbocycles. The molecular weight excluding hydrogens is 573 g/mol. The van der Waals surface area contributed by atoms with Gasteiger partial charge in [0.2, 0.25) is 0 Å². The maximum atomic E-state index is 13.7. The average molecular weight is 601 g/mol. The minimum atomic E-state index is -4.83. The molecular formula is C30H28ClF3N4O4. The first kappa shape index (κ1) is 30.6. The Morgan fingerprint density at radius 1 is 0.976 bits per heavy atom. The SMILES string of the molecule is CC(C)(C)OC(=O)NCc1cccc(-n2nc(C(F)(F)F)cc2C(=O)Nc2cc(C(O)c3ccccc3)ccc2Cl)c1. The summed E-state index contributed by atoms with van der Waals surface area (Å²) in [5, 5.41) is 19.7. The second-order valence-corrected chi connectivity index (χ2v) is 10.8. The van der Waals surface area contributed by atoms with E-state index >= 15 is 0 Å². The molecule has 1 atom stereocenters. The molecule has 2 amide bonds. The summed E-state index contributed by atoms with van der Waals surface area (Å²) < 4.78 is 47.1. The highest BCUT2D eigenvalue weighted by atomic mass is 35.5. The van der Waals surface area contributed by atoms with Crippen LogP contribution in [0.1, 0.15) is 59.7 Å². The predicted molar refractivity (Wildman–Crippen MR) is 152 cm³/mol. The molecule has 1 unspecified atom stereocenters. The van der Waals surface area contributed by atoms with Gasteiger partial charge in [0, 0.05) is 12.6 Å². The molecule has 0 aliphatic rings. The second-order valence-electron chi connectivity index (χ2n) is 10.4. The first-order chi connectivity index (χ1) is 19.7. The number of anilines is 1. The summed E-state index contributed by atoms with van der Waals surface area (Å²) in [6.07, 6.45) is -6.52. The van der Waals surface area contributed by atoms with Crippen LogP contribution in [-0.2, 0) is 17.5 Å². The number of aromatic nitrogens is 2. The maximum Gasteiger partial charge on any atom is 0.435 e. The van der Waals surface area contributed by atoms with Crippen LogP contribution >= 0.6 is 11.6 Å². The Morgan fingerprint density at radius 2 is 1.69 bits per heavy atom. The summed E-state index contributed by atoms with van der Waals surface area (Å²) in [7, 11) is 0. The first-order valence-corrected chi connectivity index (χ1v) is 13.2. The number of aliphatic hydroxyl groups excluding tert-OH is 1. The number of nitrogens with one attached hydrogen (secondary N) is 2. The molecule has 0 aliphatic heterocycles. The molecule has 3 N–H and O–H groups in total. The van der Waals surface area contributed by atoms with E-state index in [4.69, 9.17) is 16.3 Å². The number of aliphatic hydroxyl groups is 1. The lowest BCUT2D eigenvalue weighted by atomic mass is 10.0. The minimum absolute atomic E-state index is 0.0177. The zero-order valence-electron chi connectivity index (χ0n) is 22.9. The van der Waals surface area contributed by atoms with Gasteiger partial charge in [0.1, 0.15) is 17.4 Å². The summed E-state index contributed by atoms with van der Waals surface area (Å²) >= 11 is 6.29. The number of hydrogen-bond acceptors (Lipinski definition) is 5. The van der Waals surface area contributed by atoms with Gasteiger partial charge in [0.15, 0.2) is 5.69 Å². The molecule has 1 heterocycles. The van der Waals surface area contributed by atoms with Crippen LogP contribution in [0.5, 0.6) is 0 Å². The highest BCUT2D eigenvalue weighted by Gasteiger charge is 2.36. The summed E-state index contributed by atoms with van der Waals surface area (Å²) in [4.78, 5) is 25.4. The monoisotopic (exact) mass is 600 g/mol. The van der Waals surface area contributed by atoms with Gasteiger partial charge in [-0.25, -0.2) is 9.48 Å². The summed E-state index contributed by atoms with van der Waals surface area (Å²) in [6.45, 7) is 5.16. The Kier molecular flexibility index (Phi) is 8.93. The molecule has 0 fully saturated rings. The van der Waals surface area contributed by atoms with Crippen LogP contribution in [0.2, 0.25) is 5.02 Å². The van der Waals surface area contributed by atoms with Crippen molar-refractivity contribution in [3.63, 3.8) is 0 Å². The van der Waals surface area contributed by atoms with E-state index in [0.717, 1.165) is 4.68 Å². The zero-order chi connectivity index (χ0) is 30.7. The lowest BCUT2D eigenvalue weighted by Crippen LogP contribution is -2.32. The third-order valence-corrected chi connectivity index (χ3v) is 6.22. The average Bonchev–Trinajstić information content (AvgIpc) is 3.39. The molecule has 3 aromatic carbocycles. The summed E-state index contributed by atoms with van der Waals surface area (Å²) in [6, 6.07) is 20.1. The molecule has 4 aromatic rings. The highest BCUT2D eigenvalue weighted by molar-refractivity contribution is 6.34. The van der Waals surface area contributed by atoms with Gasteiger partial charge in [0.05, 0.1) is 16.4 Å². The van der Waals surface area contributed by atoms with Gasteiger partial charge >= 0.3 is 12.3 Å². The number of benzene rings is 3. The number of nitrogens with zero attached hydrogens (tertiary/aromatic N) is 2. The van der Waals surface area contributed by atoms with Crippen molar-refractivity contribution >= 4 is 29.3 Å². The van der Waals surface area contributed by atoms with Gasteiger partial charge < -0.3 is 20.5 Å². The fraction of sp³-hybridized carbons (Fsp3) is 0.233. The summed E-state index contributed by atoms with van der Waals surface area (Å²) in [5.74, 6) is -0.913. The number of alkyl halides is 3. The lowest BCUT2D eigenvalue weighted by Gasteiger charge is -2.19. The smallest absolute Gasteiger partial charge is 0.435 e. The molecule has 42 heavy (non-hydrogen) atoms. The Labute approximate surface area is 245 Å². The highest BCUT2D eigenvalue weighted by Crippen LogP contribution is 2.32. The van der Waals surface area contributed by atoms with E-state index < -0.39 is 41.3 Å². The Hall–Kier alpha value is -4.35. The molecule has 1 aromatic heterocycles. The number of ether oxygens (including phenoxy) is 1. The van der Waals surface area contributed by atoms with Crippen LogP contribution in [0, 0.1) is 0 Å². The third-order valence-electron chi connectivity index (χ3n) is 5.89. The van der Waals surface area contributed by atoms with Gasteiger partial charge in [-0.05, 0) is 61.7 Å². The van der Waals surface area contributed by atoms with Crippen molar-refractivity contribution in [3.8, 4) is 5.69 Å². The van der Waals surface area contributed by atoms with Crippen LogP contribution in [-0.4, -0.2) is 32.5 Å². The largest absolute Gasteiger partial charge is 0.444 e. The number of rotatable bonds is 7. The molecule has 0 aliphatic carbocycles. The normalized spacial score (nSPS) is 12.5. The predicted octanol–water partition coefficient (Wildman–Crippen LogP) is 6.90. The second kappa shape index (κ2) is 12.3. The first-order valence-electron chi connectivity index (χ1n) is 12.8. The van der Waals surface area contributed by atoms with E-state index in [9.17, 15) is 27.9 Å². The van der Waals surface area contributed by atoms with E-state index in [1.54, 1.807) is 69.3 Å². The van der Waals surface area contributed by atoms with Crippen LogP contribution in [0.15, 0.2) is 78.9 Å². The van der Waals surface area contributed by atoms with E-state index in [2.05, 4.69) is 15.7 Å². The number of carbonyl (C=O) groups is 2. The number of alkyl carbamates (subject to hydrolysis) is 1. The molecule has 4 rings (SSSR count). The van der Waals surface area contributed by atoms with E-state index in [1.807, 2.05) is 0 Å². The van der Waals surface area contributed by atoms with Crippen LogP contribution in [0.3, 0.4) is 0 Å². The van der Waals surface area contributed by atoms with Crippen molar-refractivity contribution in [2.75, 3.05) is 5.32 Å². The number of halogens is 4. The topological polar surface area (TPSA) is 105 Å². The van der Waals surface area contributed by atoms with Crippen LogP contribution < -0.4 is 10.6 Å². The van der Waals surface area contributed by atoms with Gasteiger partial charge in [-0.15, -0.1) is 0 Å². The van der Waals surface area contributed by atoms with E-state index in [0.29, 0.717) is 22.8 Å². The number of amides is 2. The van der Waals surface area contributed by atoms with E-state index in [1.165, 1.54) is 24.3 Å². The molecule has 0 radical (unpaired) electrons. The molecule has 220 valence electrons. The van der Waals surface area contributed by atoms with Gasteiger partial charge in [-0.1, -0.05) is 60.1 Å². The quantitative estimate of drug-likeness (QED) is 0.214. The standard InChI is InChI=1S/C30H28ClF3N4O4/c1-29(2,3)42-28(41)35-17-18-8-7-11-21(14-18)38-24(16-25(37-38)30(32,33)34)27(40)36-23-15-20(12-13-22(23)31)26(39)19-9-5-4-6-10-19/h4-16,26,39H,17H2,1-3H3,(H,35,41)(H,36,40). The molecule has 0 bridgehead atoms. The van der Waals surface area contributed by atoms with Crippen molar-refractivity contribution in [3.05, 3.63) is 112 Å². The van der Waals surface area contributed by atoms with Crippen LogP contribution in [0.4, 0.5) is 23.7 Å². The number of carbonyl (C=O) groups excluding carboxylic acids is 2. The van der Waals surface area contributed by atoms with Crippen molar-refractivity contribution < 1.29 is 32.6 Å². The molecule has 8 nitrogen and oxygen atoms in total. The molecule has 0 spiro atoms. The Morgan fingerprint density at radius 3 is 2.36 bits per heavy atom. The van der Waals surface area contributed by atoms with Crippen LogP contribution in [0.25, 0.3) is 5.69 Å². The molecule has 12 heteroatoms. The lowest BCUT2D eigenvalue weighted by molar-refractivity contribution is -0.141. The Balaban J connectivity index is 1.62. The zero-order valence-corrected chi connectivity index (χ0v) is 23.6. The fourth-order valence-corrected chi connectivity index (χ4v) is 4.15. The maximum absolute atomic E-state index is 13.7. The van der Waals surface area contributed by atoms with Gasteiger partial charge in [-0.2, -0.15) is 18.3 Å². The van der Waals surface area contributed by atoms with Crippen molar-refractivity contribution in [2.45, 2.75) is 45.2 Å².